The fraction of sp³-hybridized carbons (Fsp3) is 0.467. The summed E-state index contributed by atoms with van der Waals surface area (Å²) in [6.45, 7) is 1.94. The van der Waals surface area contributed by atoms with E-state index < -0.39 is 6.04 Å². The van der Waals surface area contributed by atoms with Crippen LogP contribution in [0.1, 0.15) is 26.2 Å². The number of nitrogens with one attached hydrogen (secondary N) is 2. The number of hydrogen-bond acceptors (Lipinski definition) is 3. The highest BCUT2D eigenvalue weighted by Gasteiger charge is 2.19. The van der Waals surface area contributed by atoms with Crippen LogP contribution < -0.4 is 10.6 Å². The van der Waals surface area contributed by atoms with E-state index in [1.165, 1.54) is 0 Å². The number of carbonyl (C=O) groups excluding carboxylic acids is 2. The Morgan fingerprint density at radius 3 is 2.55 bits per heavy atom. The maximum atomic E-state index is 12.2. The fourth-order valence-corrected chi connectivity index (χ4v) is 2.22. The van der Waals surface area contributed by atoms with Crippen LogP contribution in [-0.4, -0.2) is 29.9 Å². The number of para-hydroxylation sites is 1. The summed E-state index contributed by atoms with van der Waals surface area (Å²) in [6.07, 6.45) is 3.85. The molecule has 4 nitrogen and oxygen atoms in total. The van der Waals surface area contributed by atoms with E-state index in [2.05, 4.69) is 10.6 Å². The smallest absolute Gasteiger partial charge is 0.246 e. The quantitative estimate of drug-likeness (QED) is 0.775. The minimum atomic E-state index is -0.471. The molecule has 0 aliphatic carbocycles. The van der Waals surface area contributed by atoms with Gasteiger partial charge in [0.15, 0.2) is 0 Å². The number of benzene rings is 1. The summed E-state index contributed by atoms with van der Waals surface area (Å²) in [5, 5.41) is 5.64. The molecule has 0 aromatic heterocycles. The summed E-state index contributed by atoms with van der Waals surface area (Å²) in [4.78, 5) is 23.9. The standard InChI is InChI=1S/C15H22N2O2S/c1-3-7-14(18)17-13(10-11-20-2)15(19)16-12-8-5-4-6-9-12/h4-6,8-9,13H,3,7,10-11H2,1-2H3,(H,16,19)(H,17,18). The molecule has 0 spiro atoms. The van der Waals surface area contributed by atoms with E-state index in [-0.39, 0.29) is 11.8 Å². The van der Waals surface area contributed by atoms with E-state index in [0.29, 0.717) is 12.8 Å². The second kappa shape index (κ2) is 9.42. The molecule has 0 saturated heterocycles. The number of anilines is 1. The van der Waals surface area contributed by atoms with Crippen LogP contribution in [0, 0.1) is 0 Å². The lowest BCUT2D eigenvalue weighted by atomic mass is 10.2. The Morgan fingerprint density at radius 1 is 1.25 bits per heavy atom. The first kappa shape index (κ1) is 16.6. The molecule has 2 amide bonds. The molecule has 0 heterocycles. The molecule has 0 aliphatic heterocycles. The number of rotatable bonds is 8. The van der Waals surface area contributed by atoms with Gasteiger partial charge in [0, 0.05) is 12.1 Å². The Bertz CT molecular complexity index is 423. The van der Waals surface area contributed by atoms with Crippen LogP contribution in [0.25, 0.3) is 0 Å². The van der Waals surface area contributed by atoms with Gasteiger partial charge >= 0.3 is 0 Å². The van der Waals surface area contributed by atoms with Crippen molar-refractivity contribution >= 4 is 29.3 Å². The normalized spacial score (nSPS) is 11.7. The van der Waals surface area contributed by atoms with Crippen molar-refractivity contribution in [2.24, 2.45) is 0 Å². The number of hydrogen-bond donors (Lipinski definition) is 2. The van der Waals surface area contributed by atoms with E-state index >= 15 is 0 Å². The highest BCUT2D eigenvalue weighted by Crippen LogP contribution is 2.08. The third kappa shape index (κ3) is 6.10. The first-order valence-corrected chi connectivity index (χ1v) is 8.21. The highest BCUT2D eigenvalue weighted by molar-refractivity contribution is 7.98. The average molecular weight is 294 g/mol. The van der Waals surface area contributed by atoms with Crippen molar-refractivity contribution in [2.75, 3.05) is 17.3 Å². The van der Waals surface area contributed by atoms with Gasteiger partial charge in [0.2, 0.25) is 11.8 Å². The molecule has 2 N–H and O–H groups in total. The Kier molecular flexibility index (Phi) is 7.80. The lowest BCUT2D eigenvalue weighted by Crippen LogP contribution is -2.44. The fourth-order valence-electron chi connectivity index (χ4n) is 1.75. The third-order valence-corrected chi connectivity index (χ3v) is 3.42. The van der Waals surface area contributed by atoms with Crippen molar-refractivity contribution in [3.63, 3.8) is 0 Å². The van der Waals surface area contributed by atoms with Crippen molar-refractivity contribution < 1.29 is 9.59 Å². The molecular weight excluding hydrogens is 272 g/mol. The predicted molar refractivity (Wildman–Crippen MR) is 84.9 cm³/mol. The summed E-state index contributed by atoms with van der Waals surface area (Å²) in [5.74, 6) is 0.607. The Balaban J connectivity index is 2.61. The van der Waals surface area contributed by atoms with Crippen molar-refractivity contribution in [1.82, 2.24) is 5.32 Å². The summed E-state index contributed by atoms with van der Waals surface area (Å²) in [7, 11) is 0. The zero-order valence-electron chi connectivity index (χ0n) is 12.0. The molecule has 1 aromatic carbocycles. The topological polar surface area (TPSA) is 58.2 Å². The van der Waals surface area contributed by atoms with Gasteiger partial charge in [-0.05, 0) is 37.0 Å². The molecule has 0 radical (unpaired) electrons. The number of amides is 2. The van der Waals surface area contributed by atoms with E-state index in [1.54, 1.807) is 11.8 Å². The first-order valence-electron chi connectivity index (χ1n) is 6.81. The molecule has 0 aliphatic rings. The molecule has 110 valence electrons. The van der Waals surface area contributed by atoms with Gasteiger partial charge < -0.3 is 10.6 Å². The lowest BCUT2D eigenvalue weighted by molar-refractivity contribution is -0.126. The van der Waals surface area contributed by atoms with Gasteiger partial charge in [-0.2, -0.15) is 11.8 Å². The van der Waals surface area contributed by atoms with Crippen LogP contribution in [0.15, 0.2) is 30.3 Å². The van der Waals surface area contributed by atoms with E-state index in [9.17, 15) is 9.59 Å². The maximum Gasteiger partial charge on any atom is 0.246 e. The van der Waals surface area contributed by atoms with Crippen LogP contribution >= 0.6 is 11.8 Å². The number of carbonyl (C=O) groups is 2. The van der Waals surface area contributed by atoms with Crippen LogP contribution in [0.5, 0.6) is 0 Å². The van der Waals surface area contributed by atoms with Crippen LogP contribution in [0.2, 0.25) is 0 Å². The van der Waals surface area contributed by atoms with Crippen LogP contribution in [0.3, 0.4) is 0 Å². The largest absolute Gasteiger partial charge is 0.344 e. The molecular formula is C15H22N2O2S. The van der Waals surface area contributed by atoms with Crippen LogP contribution in [0.4, 0.5) is 5.69 Å². The SMILES string of the molecule is CCCC(=O)NC(CCSC)C(=O)Nc1ccccc1. The predicted octanol–water partition coefficient (Wildman–Crippen LogP) is 2.66. The monoisotopic (exact) mass is 294 g/mol. The summed E-state index contributed by atoms with van der Waals surface area (Å²) in [6, 6.07) is 8.81. The Hall–Kier alpha value is -1.49. The van der Waals surface area contributed by atoms with E-state index in [1.807, 2.05) is 43.5 Å². The first-order chi connectivity index (χ1) is 9.67. The maximum absolute atomic E-state index is 12.2. The minimum Gasteiger partial charge on any atom is -0.344 e. The van der Waals surface area contributed by atoms with Gasteiger partial charge in [0.1, 0.15) is 6.04 Å². The zero-order chi connectivity index (χ0) is 14.8. The average Bonchev–Trinajstić information content (AvgIpc) is 2.44. The van der Waals surface area contributed by atoms with Gasteiger partial charge in [-0.15, -0.1) is 0 Å². The highest BCUT2D eigenvalue weighted by atomic mass is 32.2. The zero-order valence-corrected chi connectivity index (χ0v) is 12.8. The molecule has 0 fully saturated rings. The Morgan fingerprint density at radius 2 is 1.95 bits per heavy atom. The second-order valence-electron chi connectivity index (χ2n) is 4.51. The summed E-state index contributed by atoms with van der Waals surface area (Å²) in [5.41, 5.74) is 0.747. The molecule has 1 rings (SSSR count). The van der Waals surface area contributed by atoms with Gasteiger partial charge in [0.25, 0.3) is 0 Å². The lowest BCUT2D eigenvalue weighted by Gasteiger charge is -2.18. The van der Waals surface area contributed by atoms with Crippen molar-refractivity contribution in [3.8, 4) is 0 Å². The second-order valence-corrected chi connectivity index (χ2v) is 5.49. The van der Waals surface area contributed by atoms with Crippen molar-refractivity contribution in [3.05, 3.63) is 30.3 Å². The molecule has 1 aromatic rings. The van der Waals surface area contributed by atoms with Crippen molar-refractivity contribution in [1.29, 1.82) is 0 Å². The van der Waals surface area contributed by atoms with E-state index in [0.717, 1.165) is 17.9 Å². The number of thioether (sulfide) groups is 1. The van der Waals surface area contributed by atoms with Gasteiger partial charge in [-0.3, -0.25) is 9.59 Å². The summed E-state index contributed by atoms with van der Waals surface area (Å²) >= 11 is 1.66. The minimum absolute atomic E-state index is 0.0678. The van der Waals surface area contributed by atoms with Gasteiger partial charge in [-0.1, -0.05) is 25.1 Å². The van der Waals surface area contributed by atoms with Gasteiger partial charge in [-0.25, -0.2) is 0 Å². The molecule has 5 heteroatoms. The van der Waals surface area contributed by atoms with E-state index in [4.69, 9.17) is 0 Å². The summed E-state index contributed by atoms with van der Waals surface area (Å²) < 4.78 is 0. The molecule has 20 heavy (non-hydrogen) atoms. The molecule has 0 saturated carbocycles. The third-order valence-electron chi connectivity index (χ3n) is 2.78. The van der Waals surface area contributed by atoms with Crippen LogP contribution in [-0.2, 0) is 9.59 Å². The molecule has 1 unspecified atom stereocenters. The molecule has 1 atom stereocenters. The van der Waals surface area contributed by atoms with Gasteiger partial charge in [0.05, 0.1) is 0 Å². The van der Waals surface area contributed by atoms with Crippen molar-refractivity contribution in [2.45, 2.75) is 32.2 Å². The molecule has 0 bridgehead atoms. The Labute approximate surface area is 124 Å².